The van der Waals surface area contributed by atoms with Crippen molar-refractivity contribution in [2.24, 2.45) is 4.99 Å². The van der Waals surface area contributed by atoms with Crippen LogP contribution < -0.4 is 0 Å². The van der Waals surface area contributed by atoms with Crippen LogP contribution >= 0.6 is 23.2 Å². The van der Waals surface area contributed by atoms with Crippen LogP contribution in [-0.4, -0.2) is 6.21 Å². The minimum absolute atomic E-state index is 0.627. The number of aliphatic imine (C=N–C) groups is 1. The molecule has 0 saturated carbocycles. The molecule has 0 amide bonds. The van der Waals surface area contributed by atoms with Gasteiger partial charge in [-0.05, 0) is 23.8 Å². The highest BCUT2D eigenvalue weighted by Gasteiger charge is 1.94. The monoisotopic (exact) mass is 263 g/mol. The van der Waals surface area contributed by atoms with Gasteiger partial charge < -0.3 is 0 Å². The van der Waals surface area contributed by atoms with E-state index >= 15 is 0 Å². The van der Waals surface area contributed by atoms with Crippen LogP contribution in [0.2, 0.25) is 10.0 Å². The van der Waals surface area contributed by atoms with Gasteiger partial charge in [-0.25, -0.2) is 0 Å². The van der Waals surface area contributed by atoms with Gasteiger partial charge >= 0.3 is 0 Å². The molecule has 0 unspecified atom stereocenters. The summed E-state index contributed by atoms with van der Waals surface area (Å²) in [5.74, 6) is 0. The summed E-state index contributed by atoms with van der Waals surface area (Å²) in [7, 11) is 0. The van der Waals surface area contributed by atoms with Crippen molar-refractivity contribution < 1.29 is 0 Å². The third kappa shape index (κ3) is 3.58. The van der Waals surface area contributed by atoms with Crippen molar-refractivity contribution in [1.29, 1.82) is 0 Å². The molecule has 0 saturated heterocycles. The minimum atomic E-state index is 0.627. The van der Waals surface area contributed by atoms with Crippen molar-refractivity contribution in [3.63, 3.8) is 0 Å². The smallest absolute Gasteiger partial charge is 0.0640 e. The Labute approximate surface area is 111 Å². The van der Waals surface area contributed by atoms with Crippen LogP contribution in [0.15, 0.2) is 53.5 Å². The average Bonchev–Trinajstić information content (AvgIpc) is 2.34. The van der Waals surface area contributed by atoms with Gasteiger partial charge in [0, 0.05) is 21.8 Å². The molecule has 3 heteroatoms. The van der Waals surface area contributed by atoms with E-state index < -0.39 is 0 Å². The van der Waals surface area contributed by atoms with Gasteiger partial charge in [0.05, 0.1) is 6.54 Å². The fourth-order valence-corrected chi connectivity index (χ4v) is 1.73. The predicted molar refractivity (Wildman–Crippen MR) is 74.2 cm³/mol. The molecule has 17 heavy (non-hydrogen) atoms. The molecule has 2 aromatic rings. The maximum atomic E-state index is 6.02. The highest BCUT2D eigenvalue weighted by Crippen LogP contribution is 2.13. The van der Waals surface area contributed by atoms with Gasteiger partial charge in [-0.3, -0.25) is 4.99 Å². The quantitative estimate of drug-likeness (QED) is 0.718. The molecule has 0 heterocycles. The maximum absolute atomic E-state index is 6.02. The molecular weight excluding hydrogens is 253 g/mol. The van der Waals surface area contributed by atoms with E-state index in [9.17, 15) is 0 Å². The average molecular weight is 264 g/mol. The lowest BCUT2D eigenvalue weighted by Gasteiger charge is -1.98. The molecule has 0 atom stereocenters. The third-order valence-corrected chi connectivity index (χ3v) is 2.92. The summed E-state index contributed by atoms with van der Waals surface area (Å²) >= 11 is 11.8. The molecule has 0 bridgehead atoms. The predicted octanol–water partition coefficient (Wildman–Crippen LogP) is 4.61. The van der Waals surface area contributed by atoms with Gasteiger partial charge in [0.15, 0.2) is 0 Å². The maximum Gasteiger partial charge on any atom is 0.0640 e. The summed E-state index contributed by atoms with van der Waals surface area (Å²) < 4.78 is 0. The molecule has 0 aliphatic heterocycles. The molecule has 2 aromatic carbocycles. The lowest BCUT2D eigenvalue weighted by atomic mass is 10.2. The summed E-state index contributed by atoms with van der Waals surface area (Å²) in [6.07, 6.45) is 1.79. The summed E-state index contributed by atoms with van der Waals surface area (Å²) in [6, 6.07) is 15.3. The van der Waals surface area contributed by atoms with Crippen LogP contribution in [0, 0.1) is 0 Å². The second kappa shape index (κ2) is 5.85. The van der Waals surface area contributed by atoms with Crippen molar-refractivity contribution in [1.82, 2.24) is 0 Å². The molecule has 86 valence electrons. The van der Waals surface area contributed by atoms with Crippen molar-refractivity contribution in [3.8, 4) is 0 Å². The molecule has 0 spiro atoms. The zero-order valence-corrected chi connectivity index (χ0v) is 10.6. The number of hydrogen-bond acceptors (Lipinski definition) is 1. The van der Waals surface area contributed by atoms with E-state index in [4.69, 9.17) is 23.2 Å². The van der Waals surface area contributed by atoms with Gasteiger partial charge in [0.1, 0.15) is 0 Å². The van der Waals surface area contributed by atoms with E-state index in [1.807, 2.05) is 48.5 Å². The molecule has 0 N–H and O–H groups in total. The Bertz CT molecular complexity index is 518. The zero-order valence-electron chi connectivity index (χ0n) is 9.11. The Hall–Kier alpha value is -1.31. The van der Waals surface area contributed by atoms with E-state index in [1.54, 1.807) is 6.21 Å². The van der Waals surface area contributed by atoms with E-state index in [0.29, 0.717) is 11.6 Å². The van der Waals surface area contributed by atoms with Crippen LogP contribution in [-0.2, 0) is 6.54 Å². The fourth-order valence-electron chi connectivity index (χ4n) is 1.42. The molecule has 2 rings (SSSR count). The van der Waals surface area contributed by atoms with Crippen molar-refractivity contribution in [3.05, 3.63) is 69.7 Å². The first kappa shape index (κ1) is 12.2. The molecule has 0 fully saturated rings. The Kier molecular flexibility index (Phi) is 4.18. The SMILES string of the molecule is Clc1ccc(CN=Cc2ccccc2Cl)cc1. The normalized spacial score (nSPS) is 10.9. The molecule has 1 nitrogen and oxygen atoms in total. The lowest BCUT2D eigenvalue weighted by molar-refractivity contribution is 1.08. The van der Waals surface area contributed by atoms with Crippen LogP contribution in [0.1, 0.15) is 11.1 Å². The number of nitrogens with zero attached hydrogens (tertiary/aromatic N) is 1. The largest absolute Gasteiger partial charge is 0.288 e. The van der Waals surface area contributed by atoms with E-state index in [-0.39, 0.29) is 0 Å². The van der Waals surface area contributed by atoms with Crippen LogP contribution in [0.25, 0.3) is 0 Å². The molecule has 0 aromatic heterocycles. The number of halogens is 2. The molecular formula is C14H11Cl2N. The topological polar surface area (TPSA) is 12.4 Å². The minimum Gasteiger partial charge on any atom is -0.288 e. The Morgan fingerprint density at radius 2 is 1.65 bits per heavy atom. The van der Waals surface area contributed by atoms with Crippen molar-refractivity contribution >= 4 is 29.4 Å². The second-order valence-electron chi connectivity index (χ2n) is 3.62. The lowest BCUT2D eigenvalue weighted by Crippen LogP contribution is -1.85. The van der Waals surface area contributed by atoms with Gasteiger partial charge in [-0.1, -0.05) is 53.5 Å². The number of hydrogen-bond donors (Lipinski definition) is 0. The van der Waals surface area contributed by atoms with Gasteiger partial charge in [-0.15, -0.1) is 0 Å². The van der Waals surface area contributed by atoms with Gasteiger partial charge in [-0.2, -0.15) is 0 Å². The van der Waals surface area contributed by atoms with Crippen molar-refractivity contribution in [2.75, 3.05) is 0 Å². The Balaban J connectivity index is 2.03. The summed E-state index contributed by atoms with van der Waals surface area (Å²) in [6.45, 7) is 0.627. The number of rotatable bonds is 3. The first-order valence-electron chi connectivity index (χ1n) is 5.24. The van der Waals surface area contributed by atoms with Crippen LogP contribution in [0.5, 0.6) is 0 Å². The summed E-state index contributed by atoms with van der Waals surface area (Å²) in [5.41, 5.74) is 2.06. The van der Waals surface area contributed by atoms with Gasteiger partial charge in [0.2, 0.25) is 0 Å². The number of benzene rings is 2. The fraction of sp³-hybridized carbons (Fsp3) is 0.0714. The Morgan fingerprint density at radius 3 is 2.35 bits per heavy atom. The van der Waals surface area contributed by atoms with Crippen LogP contribution in [0.4, 0.5) is 0 Å². The molecule has 0 aliphatic carbocycles. The first-order chi connectivity index (χ1) is 8.25. The molecule has 0 aliphatic rings. The second-order valence-corrected chi connectivity index (χ2v) is 4.46. The highest BCUT2D eigenvalue weighted by molar-refractivity contribution is 6.33. The third-order valence-electron chi connectivity index (χ3n) is 2.32. The summed E-state index contributed by atoms with van der Waals surface area (Å²) in [4.78, 5) is 4.35. The first-order valence-corrected chi connectivity index (χ1v) is 6.00. The zero-order chi connectivity index (χ0) is 12.1. The van der Waals surface area contributed by atoms with Gasteiger partial charge in [0.25, 0.3) is 0 Å². The Morgan fingerprint density at radius 1 is 0.941 bits per heavy atom. The highest BCUT2D eigenvalue weighted by atomic mass is 35.5. The summed E-state index contributed by atoms with van der Waals surface area (Å²) in [5, 5.41) is 1.45. The van der Waals surface area contributed by atoms with E-state index in [2.05, 4.69) is 4.99 Å². The van der Waals surface area contributed by atoms with E-state index in [1.165, 1.54) is 0 Å². The van der Waals surface area contributed by atoms with Crippen molar-refractivity contribution in [2.45, 2.75) is 6.54 Å². The molecule has 0 radical (unpaired) electrons. The standard InChI is InChI=1S/C14H11Cl2N/c15-13-7-5-11(6-8-13)9-17-10-12-3-1-2-4-14(12)16/h1-8,10H,9H2. The van der Waals surface area contributed by atoms with E-state index in [0.717, 1.165) is 16.1 Å². The van der Waals surface area contributed by atoms with Crippen LogP contribution in [0.3, 0.4) is 0 Å².